The minimum Gasteiger partial charge on any atom is -0.462 e. The molecule has 0 atom stereocenters. The van der Waals surface area contributed by atoms with Crippen LogP contribution in [0.3, 0.4) is 0 Å². The van der Waals surface area contributed by atoms with Gasteiger partial charge in [-0.15, -0.1) is 0 Å². The molecule has 0 aliphatic carbocycles. The van der Waals surface area contributed by atoms with Gasteiger partial charge in [0.2, 0.25) is 0 Å². The largest absolute Gasteiger partial charge is 0.462 e. The molecule has 3 rings (SSSR count). The number of benzene rings is 2. The van der Waals surface area contributed by atoms with E-state index in [0.717, 1.165) is 29.7 Å². The van der Waals surface area contributed by atoms with Gasteiger partial charge in [-0.25, -0.2) is 13.2 Å². The molecule has 0 amide bonds. The Hall–Kier alpha value is -2.44. The van der Waals surface area contributed by atoms with Crippen LogP contribution in [0.4, 0.5) is 0 Å². The molecule has 148 valence electrons. The lowest BCUT2D eigenvalue weighted by Crippen LogP contribution is -2.31. The fourth-order valence-electron chi connectivity index (χ4n) is 3.30. The zero-order valence-electron chi connectivity index (χ0n) is 16.2. The highest BCUT2D eigenvalue weighted by Crippen LogP contribution is 2.27. The molecule has 0 bridgehead atoms. The zero-order valence-corrected chi connectivity index (χ0v) is 17.0. The molecule has 0 spiro atoms. The number of nitrogens with zero attached hydrogens (tertiary/aromatic N) is 1. The second-order valence-corrected chi connectivity index (χ2v) is 9.13. The van der Waals surface area contributed by atoms with Gasteiger partial charge < -0.3 is 9.64 Å². The minimum atomic E-state index is -3.20. The average molecular weight is 400 g/mol. The summed E-state index contributed by atoms with van der Waals surface area (Å²) in [5, 5.41) is 0. The molecule has 6 heteroatoms. The molecule has 0 fully saturated rings. The van der Waals surface area contributed by atoms with Gasteiger partial charge in [0, 0.05) is 25.8 Å². The zero-order chi connectivity index (χ0) is 20.1. The summed E-state index contributed by atoms with van der Waals surface area (Å²) in [6, 6.07) is 16.6. The first-order chi connectivity index (χ1) is 13.3. The van der Waals surface area contributed by atoms with Crippen molar-refractivity contribution in [1.29, 1.82) is 0 Å². The van der Waals surface area contributed by atoms with Crippen LogP contribution in [0.1, 0.15) is 17.5 Å². The molecule has 0 saturated heterocycles. The molecular weight excluding hydrogens is 374 g/mol. The lowest BCUT2D eigenvalue weighted by molar-refractivity contribution is -0.139. The normalized spacial score (nSPS) is 15.5. The molecular formula is C22H25NO4S. The Balaban J connectivity index is 1.66. The van der Waals surface area contributed by atoms with Crippen molar-refractivity contribution in [3.05, 3.63) is 71.3 Å². The average Bonchev–Trinajstić information content (AvgIpc) is 2.68. The predicted octanol–water partition coefficient (Wildman–Crippen LogP) is 2.97. The summed E-state index contributed by atoms with van der Waals surface area (Å²) in [5.41, 5.74) is 3.77. The number of likely N-dealkylation sites (N-methyl/N-ethyl adjacent to an activating group) is 1. The first-order valence-corrected chi connectivity index (χ1v) is 11.2. The van der Waals surface area contributed by atoms with Gasteiger partial charge in [0.25, 0.3) is 0 Å². The predicted molar refractivity (Wildman–Crippen MR) is 110 cm³/mol. The Morgan fingerprint density at radius 2 is 1.75 bits per heavy atom. The van der Waals surface area contributed by atoms with E-state index < -0.39 is 9.84 Å². The third-order valence-corrected chi connectivity index (χ3v) is 6.01. The van der Waals surface area contributed by atoms with Crippen LogP contribution in [0.5, 0.6) is 0 Å². The van der Waals surface area contributed by atoms with E-state index in [9.17, 15) is 13.2 Å². The van der Waals surface area contributed by atoms with E-state index >= 15 is 0 Å². The summed E-state index contributed by atoms with van der Waals surface area (Å²) in [7, 11) is -1.20. The number of rotatable bonds is 6. The Labute approximate surface area is 166 Å². The number of sulfone groups is 1. The quantitative estimate of drug-likeness (QED) is 0.699. The summed E-state index contributed by atoms with van der Waals surface area (Å²) in [6.45, 7) is 1.74. The smallest absolute Gasteiger partial charge is 0.335 e. The molecule has 0 saturated carbocycles. The van der Waals surface area contributed by atoms with E-state index in [0.29, 0.717) is 18.5 Å². The number of ether oxygens (including phenoxy) is 1. The van der Waals surface area contributed by atoms with E-state index in [4.69, 9.17) is 4.74 Å². The summed E-state index contributed by atoms with van der Waals surface area (Å²) in [6.07, 6.45) is 2.54. The second kappa shape index (κ2) is 8.71. The standard InChI is InChI=1S/C22H25NO4S/c1-23-14-12-20(18-6-4-3-5-7-18)21(16-23)22(24)27-15-13-17-8-10-19(11-9-17)28(2,25)26/h3-11H,12-16H2,1-2H3. The van der Waals surface area contributed by atoms with Crippen LogP contribution < -0.4 is 0 Å². The van der Waals surface area contributed by atoms with Gasteiger partial charge in [-0.2, -0.15) is 0 Å². The van der Waals surface area contributed by atoms with Crippen molar-refractivity contribution >= 4 is 21.4 Å². The lowest BCUT2D eigenvalue weighted by atomic mass is 9.93. The van der Waals surface area contributed by atoms with E-state index in [-0.39, 0.29) is 17.5 Å². The molecule has 28 heavy (non-hydrogen) atoms. The molecule has 0 radical (unpaired) electrons. The first-order valence-electron chi connectivity index (χ1n) is 9.27. The fourth-order valence-corrected chi connectivity index (χ4v) is 3.93. The monoisotopic (exact) mass is 399 g/mol. The number of hydrogen-bond donors (Lipinski definition) is 0. The maximum absolute atomic E-state index is 12.7. The van der Waals surface area contributed by atoms with Crippen LogP contribution in [-0.2, 0) is 25.8 Å². The topological polar surface area (TPSA) is 63.7 Å². The molecule has 1 heterocycles. The molecule has 2 aromatic carbocycles. The Kier molecular flexibility index (Phi) is 6.31. The fraction of sp³-hybridized carbons (Fsp3) is 0.318. The highest BCUT2D eigenvalue weighted by atomic mass is 32.2. The number of carbonyl (C=O) groups is 1. The van der Waals surface area contributed by atoms with E-state index in [2.05, 4.69) is 4.90 Å². The summed E-state index contributed by atoms with van der Waals surface area (Å²) in [5.74, 6) is -0.279. The van der Waals surface area contributed by atoms with Crippen LogP contribution in [-0.4, -0.2) is 52.3 Å². The van der Waals surface area contributed by atoms with Gasteiger partial charge in [-0.3, -0.25) is 0 Å². The minimum absolute atomic E-state index is 0.256. The van der Waals surface area contributed by atoms with Crippen LogP contribution in [0.2, 0.25) is 0 Å². The Morgan fingerprint density at radius 3 is 2.39 bits per heavy atom. The van der Waals surface area contributed by atoms with Crippen molar-refractivity contribution in [2.75, 3.05) is 33.0 Å². The maximum Gasteiger partial charge on any atom is 0.335 e. The van der Waals surface area contributed by atoms with Crippen molar-refractivity contribution < 1.29 is 17.9 Å². The molecule has 0 N–H and O–H groups in total. The van der Waals surface area contributed by atoms with Gasteiger partial charge in [-0.05, 0) is 42.3 Å². The van der Waals surface area contributed by atoms with Crippen LogP contribution >= 0.6 is 0 Å². The van der Waals surface area contributed by atoms with Crippen LogP contribution in [0.25, 0.3) is 5.57 Å². The SMILES string of the molecule is CN1CCC(c2ccccc2)=C(C(=O)OCCc2ccc(S(C)(=O)=O)cc2)C1. The molecule has 0 aromatic heterocycles. The van der Waals surface area contributed by atoms with E-state index in [1.807, 2.05) is 37.4 Å². The van der Waals surface area contributed by atoms with Crippen molar-refractivity contribution in [2.45, 2.75) is 17.7 Å². The van der Waals surface area contributed by atoms with Gasteiger partial charge in [0.15, 0.2) is 9.84 Å². The number of esters is 1. The van der Waals surface area contributed by atoms with E-state index in [1.165, 1.54) is 6.26 Å². The van der Waals surface area contributed by atoms with Crippen molar-refractivity contribution in [3.63, 3.8) is 0 Å². The molecule has 2 aromatic rings. The molecule has 1 aliphatic rings. The molecule has 1 aliphatic heterocycles. The van der Waals surface area contributed by atoms with Gasteiger partial charge in [-0.1, -0.05) is 42.5 Å². The molecule has 5 nitrogen and oxygen atoms in total. The summed E-state index contributed by atoms with van der Waals surface area (Å²) < 4.78 is 28.6. The summed E-state index contributed by atoms with van der Waals surface area (Å²) in [4.78, 5) is 15.1. The van der Waals surface area contributed by atoms with Gasteiger partial charge in [0.05, 0.1) is 17.1 Å². The maximum atomic E-state index is 12.7. The van der Waals surface area contributed by atoms with Gasteiger partial charge >= 0.3 is 5.97 Å². The van der Waals surface area contributed by atoms with Crippen molar-refractivity contribution in [3.8, 4) is 0 Å². The van der Waals surface area contributed by atoms with E-state index in [1.54, 1.807) is 24.3 Å². The Morgan fingerprint density at radius 1 is 1.07 bits per heavy atom. The first kappa shape index (κ1) is 20.3. The number of carbonyl (C=O) groups excluding carboxylic acids is 1. The van der Waals surface area contributed by atoms with Crippen molar-refractivity contribution in [2.24, 2.45) is 0 Å². The van der Waals surface area contributed by atoms with Crippen LogP contribution in [0.15, 0.2) is 65.1 Å². The van der Waals surface area contributed by atoms with Gasteiger partial charge in [0.1, 0.15) is 0 Å². The Bertz CT molecular complexity index is 963. The van der Waals surface area contributed by atoms with Crippen LogP contribution in [0, 0.1) is 0 Å². The highest BCUT2D eigenvalue weighted by molar-refractivity contribution is 7.90. The summed E-state index contributed by atoms with van der Waals surface area (Å²) >= 11 is 0. The number of hydrogen-bond acceptors (Lipinski definition) is 5. The van der Waals surface area contributed by atoms with Crippen molar-refractivity contribution in [1.82, 2.24) is 4.90 Å². The second-order valence-electron chi connectivity index (χ2n) is 7.11. The molecule has 0 unspecified atom stereocenters. The third-order valence-electron chi connectivity index (χ3n) is 4.88. The third kappa shape index (κ3) is 5.09. The highest BCUT2D eigenvalue weighted by Gasteiger charge is 2.24. The lowest BCUT2D eigenvalue weighted by Gasteiger charge is -2.27.